The summed E-state index contributed by atoms with van der Waals surface area (Å²) in [6.45, 7) is 10.9. The molecule has 4 fully saturated rings. The molecule has 9 unspecified atom stereocenters. The molecule has 0 spiro atoms. The van der Waals surface area contributed by atoms with Gasteiger partial charge in [-0.15, -0.1) is 0 Å². The zero-order valence-corrected chi connectivity index (χ0v) is 24.8. The highest BCUT2D eigenvalue weighted by Crippen LogP contribution is 2.74. The lowest BCUT2D eigenvalue weighted by atomic mass is 9.42. The van der Waals surface area contributed by atoms with Crippen LogP contribution < -0.4 is 0 Å². The second-order valence-electron chi connectivity index (χ2n) is 14.1. The van der Waals surface area contributed by atoms with Crippen LogP contribution in [0.25, 0.3) is 0 Å². The lowest BCUT2D eigenvalue weighted by Gasteiger charge is -2.64. The van der Waals surface area contributed by atoms with E-state index in [9.17, 15) is 19.5 Å². The molecule has 220 valence electrons. The Labute approximate surface area is 242 Å². The molecule has 0 bridgehead atoms. The summed E-state index contributed by atoms with van der Waals surface area (Å²) in [6, 6.07) is 8.36. The Kier molecular flexibility index (Phi) is 6.55. The summed E-state index contributed by atoms with van der Waals surface area (Å²) in [7, 11) is 0. The Morgan fingerprint density at radius 3 is 2.66 bits per heavy atom. The maximum absolute atomic E-state index is 17.8. The molecule has 5 aliphatic rings. The van der Waals surface area contributed by atoms with Gasteiger partial charge < -0.3 is 9.84 Å². The quantitative estimate of drug-likeness (QED) is 0.520. The van der Waals surface area contributed by atoms with Crippen molar-refractivity contribution in [1.29, 1.82) is 0 Å². The number of nitrogens with zero attached hydrogens (tertiary/aromatic N) is 1. The number of esters is 1. The minimum Gasteiger partial charge on any atom is -0.458 e. The number of benzene rings is 1. The van der Waals surface area contributed by atoms with E-state index in [1.165, 1.54) is 24.1 Å². The van der Waals surface area contributed by atoms with Gasteiger partial charge in [-0.25, -0.2) is 4.39 Å². The minimum atomic E-state index is -1.95. The van der Waals surface area contributed by atoms with E-state index in [0.29, 0.717) is 32.5 Å². The summed E-state index contributed by atoms with van der Waals surface area (Å²) >= 11 is 0. The molecule has 1 heterocycles. The number of alkyl halides is 1. The summed E-state index contributed by atoms with van der Waals surface area (Å²) in [6.07, 6.45) is 4.72. The molecule has 1 aromatic carbocycles. The molecule has 1 N–H and O–H groups in total. The first kappa shape index (κ1) is 28.5. The van der Waals surface area contributed by atoms with Gasteiger partial charge in [0.05, 0.1) is 11.5 Å². The topological polar surface area (TPSA) is 83.9 Å². The summed E-state index contributed by atoms with van der Waals surface area (Å²) < 4.78 is 23.1. The fraction of sp³-hybridized carbons (Fsp3) is 0.618. The largest absolute Gasteiger partial charge is 0.458 e. The average molecular weight is 564 g/mol. The van der Waals surface area contributed by atoms with Gasteiger partial charge in [0.15, 0.2) is 23.8 Å². The number of Topliss-reactive ketones (excluding diaryl/α,β-unsaturated/α-hetero) is 1. The Morgan fingerprint density at radius 1 is 1.20 bits per heavy atom. The number of aliphatic hydroxyl groups is 1. The van der Waals surface area contributed by atoms with Crippen molar-refractivity contribution in [3.8, 4) is 0 Å². The molecule has 4 aliphatic carbocycles. The lowest BCUT2D eigenvalue weighted by molar-refractivity contribution is -0.211. The number of aliphatic hydroxyl groups excluding tert-OH is 1. The molecule has 1 aliphatic heterocycles. The van der Waals surface area contributed by atoms with Crippen LogP contribution >= 0.6 is 0 Å². The minimum absolute atomic E-state index is 0.0247. The van der Waals surface area contributed by atoms with Crippen LogP contribution in [0.5, 0.6) is 0 Å². The molecule has 1 aromatic rings. The van der Waals surface area contributed by atoms with Crippen molar-refractivity contribution < 1.29 is 28.6 Å². The summed E-state index contributed by atoms with van der Waals surface area (Å²) in [5, 5.41) is 11.9. The van der Waals surface area contributed by atoms with Gasteiger partial charge in [0.2, 0.25) is 0 Å². The summed E-state index contributed by atoms with van der Waals surface area (Å²) in [5.74, 6) is -1.42. The van der Waals surface area contributed by atoms with Crippen LogP contribution in [0.3, 0.4) is 0 Å². The van der Waals surface area contributed by atoms with Crippen molar-refractivity contribution in [2.45, 2.75) is 72.2 Å². The number of rotatable bonds is 5. The third-order valence-corrected chi connectivity index (χ3v) is 12.0. The van der Waals surface area contributed by atoms with Gasteiger partial charge in [0, 0.05) is 37.9 Å². The number of ketones is 2. The molecule has 6 nitrogen and oxygen atoms in total. The van der Waals surface area contributed by atoms with E-state index in [1.807, 2.05) is 13.0 Å². The number of hydrogen-bond acceptors (Lipinski definition) is 6. The molecule has 7 heteroatoms. The number of ether oxygens (including phenoxy) is 1. The smallest absolute Gasteiger partial charge is 0.303 e. The number of carbonyl (C=O) groups excluding carboxylic acids is 3. The van der Waals surface area contributed by atoms with E-state index in [2.05, 4.69) is 43.9 Å². The van der Waals surface area contributed by atoms with Crippen molar-refractivity contribution in [3.63, 3.8) is 0 Å². The standard InChI is InChI=1S/C34H42FNO5/c1-20-7-6-8-23(11-20)16-36-17-24-13-27-28-12-21(2)26-14-25(38)9-10-31(26,4)34(28,35)29(39)15-32(27,5)33(24,19-36)30(40)18-41-22(3)37/h6-11,14,21,24,27-29,39H,12-13,15-19H2,1-5H3. The van der Waals surface area contributed by atoms with Crippen molar-refractivity contribution in [2.24, 2.45) is 39.9 Å². The third-order valence-electron chi connectivity index (χ3n) is 12.0. The molecular weight excluding hydrogens is 521 g/mol. The van der Waals surface area contributed by atoms with Crippen molar-refractivity contribution in [1.82, 2.24) is 4.90 Å². The van der Waals surface area contributed by atoms with Gasteiger partial charge in [-0.1, -0.05) is 55.3 Å². The molecular formula is C34H42FNO5. The van der Waals surface area contributed by atoms with Crippen LogP contribution in [0.2, 0.25) is 0 Å². The number of carbonyl (C=O) groups is 3. The summed E-state index contributed by atoms with van der Waals surface area (Å²) in [4.78, 5) is 40.6. The SMILES string of the molecule is CC(=O)OCC(=O)C12CN(Cc3cccc(C)c3)CC1CC1C3CC(C)C4=CC(=O)C=CC4(C)C3(F)C(O)CC12C. The Balaban J connectivity index is 1.40. The first-order chi connectivity index (χ1) is 19.3. The van der Waals surface area contributed by atoms with Crippen LogP contribution in [0.4, 0.5) is 4.39 Å². The number of likely N-dealkylation sites (tertiary alicyclic amines) is 1. The Bertz CT molecular complexity index is 1370. The van der Waals surface area contributed by atoms with Crippen molar-refractivity contribution in [3.05, 3.63) is 59.2 Å². The van der Waals surface area contributed by atoms with E-state index in [1.54, 1.807) is 12.2 Å². The van der Waals surface area contributed by atoms with E-state index in [-0.39, 0.29) is 42.3 Å². The van der Waals surface area contributed by atoms with Gasteiger partial charge in [-0.05, 0) is 74.0 Å². The average Bonchev–Trinajstić information content (AvgIpc) is 3.38. The molecule has 41 heavy (non-hydrogen) atoms. The third kappa shape index (κ3) is 3.84. The highest BCUT2D eigenvalue weighted by molar-refractivity contribution is 6.01. The molecule has 0 amide bonds. The molecule has 3 saturated carbocycles. The molecule has 1 saturated heterocycles. The van der Waals surface area contributed by atoms with Crippen molar-refractivity contribution in [2.75, 3.05) is 19.7 Å². The monoisotopic (exact) mass is 563 g/mol. The van der Waals surface area contributed by atoms with E-state index < -0.39 is 39.9 Å². The first-order valence-electron chi connectivity index (χ1n) is 15.0. The van der Waals surface area contributed by atoms with Crippen LogP contribution in [-0.4, -0.2) is 59.0 Å². The number of fused-ring (bicyclic) bond motifs is 7. The van der Waals surface area contributed by atoms with Gasteiger partial charge in [-0.3, -0.25) is 19.3 Å². The number of allylic oxidation sites excluding steroid dienone is 4. The Morgan fingerprint density at radius 2 is 1.95 bits per heavy atom. The molecule has 0 radical (unpaired) electrons. The van der Waals surface area contributed by atoms with E-state index in [4.69, 9.17) is 4.74 Å². The highest BCUT2D eigenvalue weighted by atomic mass is 19.1. The zero-order valence-electron chi connectivity index (χ0n) is 24.8. The lowest BCUT2D eigenvalue weighted by Crippen LogP contribution is -2.69. The predicted octanol–water partition coefficient (Wildman–Crippen LogP) is 4.77. The molecule has 0 aromatic heterocycles. The number of aryl methyl sites for hydroxylation is 1. The second kappa shape index (κ2) is 9.43. The normalized spacial score (nSPS) is 43.0. The van der Waals surface area contributed by atoms with Crippen molar-refractivity contribution >= 4 is 17.5 Å². The van der Waals surface area contributed by atoms with Crippen LogP contribution in [0.1, 0.15) is 58.1 Å². The Hall–Kier alpha value is -2.64. The van der Waals surface area contributed by atoms with E-state index in [0.717, 1.165) is 5.57 Å². The molecule has 9 atom stereocenters. The fourth-order valence-corrected chi connectivity index (χ4v) is 10.3. The maximum Gasteiger partial charge on any atom is 0.303 e. The predicted molar refractivity (Wildman–Crippen MR) is 152 cm³/mol. The van der Waals surface area contributed by atoms with Gasteiger partial charge >= 0.3 is 5.97 Å². The van der Waals surface area contributed by atoms with Crippen LogP contribution in [0, 0.1) is 46.8 Å². The molecule has 6 rings (SSSR count). The van der Waals surface area contributed by atoms with Gasteiger partial charge in [-0.2, -0.15) is 0 Å². The fourth-order valence-electron chi connectivity index (χ4n) is 10.3. The van der Waals surface area contributed by atoms with Crippen LogP contribution in [0.15, 0.2) is 48.1 Å². The summed E-state index contributed by atoms with van der Waals surface area (Å²) in [5.41, 5.74) is -1.47. The highest BCUT2D eigenvalue weighted by Gasteiger charge is 2.77. The number of hydrogen-bond donors (Lipinski definition) is 1. The van der Waals surface area contributed by atoms with Crippen LogP contribution in [-0.2, 0) is 25.7 Å². The second-order valence-corrected chi connectivity index (χ2v) is 14.1. The van der Waals surface area contributed by atoms with E-state index >= 15 is 4.39 Å². The van der Waals surface area contributed by atoms with Gasteiger partial charge in [0.25, 0.3) is 0 Å². The maximum atomic E-state index is 17.8. The zero-order chi connectivity index (χ0) is 29.5. The number of halogens is 1. The first-order valence-corrected chi connectivity index (χ1v) is 15.0. The van der Waals surface area contributed by atoms with Gasteiger partial charge in [0.1, 0.15) is 0 Å².